The van der Waals surface area contributed by atoms with Crippen LogP contribution in [0.3, 0.4) is 0 Å². The number of aryl methyl sites for hydroxylation is 1. The molecule has 0 bridgehead atoms. The van der Waals surface area contributed by atoms with Crippen molar-refractivity contribution < 1.29 is 32.6 Å². The summed E-state index contributed by atoms with van der Waals surface area (Å²) >= 11 is 0. The van der Waals surface area contributed by atoms with E-state index in [1.807, 2.05) is 6.92 Å². The minimum atomic E-state index is -4.18. The molecule has 9 heteroatoms. The van der Waals surface area contributed by atoms with Gasteiger partial charge in [-0.25, -0.2) is 18.0 Å². The van der Waals surface area contributed by atoms with Crippen LogP contribution in [0.25, 0.3) is 0 Å². The molecule has 0 aliphatic carbocycles. The van der Waals surface area contributed by atoms with Gasteiger partial charge in [-0.2, -0.15) is 4.31 Å². The zero-order chi connectivity index (χ0) is 20.5. The number of ether oxygens (including phenoxy) is 2. The van der Waals surface area contributed by atoms with Crippen LogP contribution in [-0.2, 0) is 29.1 Å². The molecule has 1 heterocycles. The third-order valence-corrected chi connectivity index (χ3v) is 6.87. The third kappa shape index (κ3) is 3.35. The molecule has 0 aromatic heterocycles. The molecule has 27 heavy (non-hydrogen) atoms. The molecule has 1 N–H and O–H groups in total. The molecular weight excluding hydrogens is 374 g/mol. The molecule has 2 atom stereocenters. The number of benzene rings is 1. The Bertz CT molecular complexity index is 821. The monoisotopic (exact) mass is 399 g/mol. The van der Waals surface area contributed by atoms with E-state index in [0.29, 0.717) is 0 Å². The molecule has 150 valence electrons. The van der Waals surface area contributed by atoms with Crippen LogP contribution in [0, 0.1) is 6.92 Å². The topological polar surface area (TPSA) is 110 Å². The highest BCUT2D eigenvalue weighted by Gasteiger charge is 2.69. The van der Waals surface area contributed by atoms with E-state index in [9.17, 15) is 23.1 Å². The van der Waals surface area contributed by atoms with E-state index in [4.69, 9.17) is 9.47 Å². The number of hydrogen-bond donors (Lipinski definition) is 1. The summed E-state index contributed by atoms with van der Waals surface area (Å²) in [5, 5.41) is 11.1. The summed E-state index contributed by atoms with van der Waals surface area (Å²) < 4.78 is 37.2. The van der Waals surface area contributed by atoms with Crippen LogP contribution in [0.15, 0.2) is 29.2 Å². The number of carbonyl (C=O) groups is 2. The van der Waals surface area contributed by atoms with Gasteiger partial charge in [-0.05, 0) is 39.8 Å². The lowest BCUT2D eigenvalue weighted by molar-refractivity contribution is -0.184. The average Bonchev–Trinajstić information content (AvgIpc) is 2.90. The molecule has 0 saturated carbocycles. The summed E-state index contributed by atoms with van der Waals surface area (Å²) in [7, 11) is -4.18. The molecule has 1 fully saturated rings. The molecule has 1 aliphatic heterocycles. The van der Waals surface area contributed by atoms with E-state index in [1.165, 1.54) is 19.1 Å². The minimum absolute atomic E-state index is 0.0231. The molecule has 8 nitrogen and oxygen atoms in total. The van der Waals surface area contributed by atoms with Crippen LogP contribution in [0.5, 0.6) is 0 Å². The molecule has 1 aromatic carbocycles. The van der Waals surface area contributed by atoms with Crippen LogP contribution < -0.4 is 0 Å². The molecule has 0 spiro atoms. The van der Waals surface area contributed by atoms with Crippen molar-refractivity contribution in [3.63, 3.8) is 0 Å². The zero-order valence-electron chi connectivity index (χ0n) is 15.9. The first-order chi connectivity index (χ1) is 12.6. The van der Waals surface area contributed by atoms with Crippen LogP contribution in [0.2, 0.25) is 0 Å². The van der Waals surface area contributed by atoms with Gasteiger partial charge in [-0.15, -0.1) is 0 Å². The van der Waals surface area contributed by atoms with E-state index < -0.39 is 33.1 Å². The molecule has 0 amide bonds. The predicted octanol–water partition coefficient (Wildman–Crippen LogP) is 1.01. The summed E-state index contributed by atoms with van der Waals surface area (Å²) in [6.45, 7) is 5.82. The van der Waals surface area contributed by atoms with E-state index in [2.05, 4.69) is 0 Å². The number of nitrogens with zero attached hydrogens (tertiary/aromatic N) is 1. The lowest BCUT2D eigenvalue weighted by Crippen LogP contribution is -2.66. The zero-order valence-corrected chi connectivity index (χ0v) is 16.7. The Morgan fingerprint density at radius 1 is 1.11 bits per heavy atom. The quantitative estimate of drug-likeness (QED) is 0.711. The Morgan fingerprint density at radius 2 is 1.63 bits per heavy atom. The van der Waals surface area contributed by atoms with Gasteiger partial charge in [-0.3, -0.25) is 0 Å². The van der Waals surface area contributed by atoms with Gasteiger partial charge in [0.2, 0.25) is 10.0 Å². The Kier molecular flexibility index (Phi) is 5.98. The molecule has 1 saturated heterocycles. The summed E-state index contributed by atoms with van der Waals surface area (Å²) in [6.07, 6.45) is -0.285. The van der Waals surface area contributed by atoms with Gasteiger partial charge in [-0.1, -0.05) is 17.7 Å². The van der Waals surface area contributed by atoms with Crippen LogP contribution in [-0.4, -0.2) is 60.7 Å². The summed E-state index contributed by atoms with van der Waals surface area (Å²) in [6, 6.07) is 6.08. The highest BCUT2D eigenvalue weighted by molar-refractivity contribution is 7.89. The Hall–Kier alpha value is -1.97. The number of carbonyl (C=O) groups excluding carboxylic acids is 2. The highest BCUT2D eigenvalue weighted by atomic mass is 32.2. The fourth-order valence-corrected chi connectivity index (χ4v) is 5.00. The predicted molar refractivity (Wildman–Crippen MR) is 96.3 cm³/mol. The second-order valence-electron chi connectivity index (χ2n) is 6.51. The minimum Gasteiger partial charge on any atom is -0.464 e. The van der Waals surface area contributed by atoms with Gasteiger partial charge in [0, 0.05) is 13.0 Å². The summed E-state index contributed by atoms with van der Waals surface area (Å²) in [5.41, 5.74) is -3.64. The Balaban J connectivity index is 2.60. The Labute approximate surface area is 159 Å². The van der Waals surface area contributed by atoms with E-state index in [1.54, 1.807) is 26.0 Å². The smallest absolute Gasteiger partial charge is 0.340 e. The maximum atomic E-state index is 13.2. The van der Waals surface area contributed by atoms with Gasteiger partial charge in [0.05, 0.1) is 18.1 Å². The second kappa shape index (κ2) is 7.57. The first-order valence-corrected chi connectivity index (χ1v) is 10.2. The largest absolute Gasteiger partial charge is 0.464 e. The van der Waals surface area contributed by atoms with Gasteiger partial charge in [0.1, 0.15) is 0 Å². The van der Waals surface area contributed by atoms with Crippen LogP contribution in [0.1, 0.15) is 32.8 Å². The lowest BCUT2D eigenvalue weighted by atomic mass is 9.82. The van der Waals surface area contributed by atoms with Gasteiger partial charge in [0.15, 0.2) is 11.1 Å². The van der Waals surface area contributed by atoms with Crippen molar-refractivity contribution in [2.45, 2.75) is 50.2 Å². The maximum Gasteiger partial charge on any atom is 0.340 e. The first kappa shape index (κ1) is 21.3. The number of hydrogen-bond acceptors (Lipinski definition) is 7. The van der Waals surface area contributed by atoms with Gasteiger partial charge in [0.25, 0.3) is 0 Å². The van der Waals surface area contributed by atoms with Crippen molar-refractivity contribution in [3.05, 3.63) is 29.8 Å². The van der Waals surface area contributed by atoms with Crippen molar-refractivity contribution in [1.29, 1.82) is 0 Å². The fourth-order valence-electron chi connectivity index (χ4n) is 3.23. The van der Waals surface area contributed by atoms with Crippen molar-refractivity contribution in [2.24, 2.45) is 0 Å². The standard InChI is InChI=1S/C18H25NO7S/c1-5-25-15(20)17(4)18(22,16(21)26-6-2)11-12-19(17)27(23,24)14-9-7-13(3)8-10-14/h7-10,22H,5-6,11-12H2,1-4H3/t17-,18-/m0/s1. The number of esters is 2. The second-order valence-corrected chi connectivity index (χ2v) is 8.38. The van der Waals surface area contributed by atoms with Crippen molar-refractivity contribution >= 4 is 22.0 Å². The summed E-state index contributed by atoms with van der Waals surface area (Å²) in [4.78, 5) is 25.1. The first-order valence-electron chi connectivity index (χ1n) is 8.72. The summed E-state index contributed by atoms with van der Waals surface area (Å²) in [5.74, 6) is -2.06. The van der Waals surface area contributed by atoms with Crippen LogP contribution in [0.4, 0.5) is 0 Å². The lowest BCUT2D eigenvalue weighted by Gasteiger charge is -2.39. The third-order valence-electron chi connectivity index (χ3n) is 4.88. The molecule has 1 aromatic rings. The van der Waals surface area contributed by atoms with Crippen LogP contribution >= 0.6 is 0 Å². The van der Waals surface area contributed by atoms with Crippen molar-refractivity contribution in [1.82, 2.24) is 4.31 Å². The van der Waals surface area contributed by atoms with Crippen molar-refractivity contribution in [2.75, 3.05) is 19.8 Å². The maximum absolute atomic E-state index is 13.2. The highest BCUT2D eigenvalue weighted by Crippen LogP contribution is 2.43. The average molecular weight is 399 g/mol. The SMILES string of the molecule is CCOC(=O)[C@@]1(O)CCN(S(=O)(=O)c2ccc(C)cc2)[C@@]1(C)C(=O)OCC. The Morgan fingerprint density at radius 3 is 2.15 bits per heavy atom. The molecule has 0 radical (unpaired) electrons. The van der Waals surface area contributed by atoms with E-state index >= 15 is 0 Å². The molecule has 0 unspecified atom stereocenters. The number of aliphatic hydroxyl groups is 1. The van der Waals surface area contributed by atoms with Gasteiger partial charge >= 0.3 is 11.9 Å². The number of sulfonamides is 1. The fraction of sp³-hybridized carbons (Fsp3) is 0.556. The van der Waals surface area contributed by atoms with Gasteiger partial charge < -0.3 is 14.6 Å². The van der Waals surface area contributed by atoms with E-state index in [-0.39, 0.29) is 31.1 Å². The van der Waals surface area contributed by atoms with Crippen molar-refractivity contribution in [3.8, 4) is 0 Å². The number of rotatable bonds is 6. The molecular formula is C18H25NO7S. The molecule has 2 rings (SSSR count). The van der Waals surface area contributed by atoms with E-state index in [0.717, 1.165) is 9.87 Å². The normalized spacial score (nSPS) is 26.0. The molecule has 1 aliphatic rings.